The summed E-state index contributed by atoms with van der Waals surface area (Å²) in [5.74, 6) is -2.05. The molecule has 0 saturated heterocycles. The van der Waals surface area contributed by atoms with E-state index in [1.807, 2.05) is 30.3 Å². The monoisotopic (exact) mass is 363 g/mol. The number of hydrogen-bond donors (Lipinski definition) is 2. The molecule has 0 aliphatic heterocycles. The van der Waals surface area contributed by atoms with E-state index in [1.54, 1.807) is 18.2 Å². The number of nitrogens with zero attached hydrogens (tertiary/aromatic N) is 1. The summed E-state index contributed by atoms with van der Waals surface area (Å²) in [6, 6.07) is 14.7. The largest absolute Gasteiger partial charge is 0.503 e. The van der Waals surface area contributed by atoms with Crippen LogP contribution in [0.2, 0.25) is 0 Å². The molecule has 6 nitrogen and oxygen atoms in total. The van der Waals surface area contributed by atoms with Crippen LogP contribution in [0.1, 0.15) is 33.2 Å². The predicted octanol–water partition coefficient (Wildman–Crippen LogP) is 3.17. The number of carbonyl (C=O) groups is 2. The molecule has 2 N–H and O–H groups in total. The van der Waals surface area contributed by atoms with Crippen LogP contribution in [0.15, 0.2) is 65.7 Å². The maximum absolute atomic E-state index is 11.7. The van der Waals surface area contributed by atoms with Gasteiger partial charge in [-0.05, 0) is 29.7 Å². The highest BCUT2D eigenvalue weighted by Crippen LogP contribution is 2.25. The Morgan fingerprint density at radius 1 is 1.04 bits per heavy atom. The third kappa shape index (κ3) is 3.79. The van der Waals surface area contributed by atoms with Crippen molar-refractivity contribution in [3.8, 4) is 16.9 Å². The van der Waals surface area contributed by atoms with Crippen LogP contribution < -0.4 is 5.43 Å². The van der Waals surface area contributed by atoms with Crippen LogP contribution in [0.25, 0.3) is 11.1 Å². The van der Waals surface area contributed by atoms with Gasteiger partial charge in [0.15, 0.2) is 11.5 Å². The van der Waals surface area contributed by atoms with Crippen LogP contribution in [-0.4, -0.2) is 26.5 Å². The van der Waals surface area contributed by atoms with Gasteiger partial charge in [-0.1, -0.05) is 42.5 Å². The molecule has 0 aliphatic rings. The lowest BCUT2D eigenvalue weighted by Crippen LogP contribution is -2.17. The van der Waals surface area contributed by atoms with Crippen molar-refractivity contribution in [3.63, 3.8) is 0 Å². The zero-order valence-electron chi connectivity index (χ0n) is 14.5. The first kappa shape index (κ1) is 18.1. The molecule has 2 aromatic carbocycles. The number of rotatable bonds is 5. The third-order valence-electron chi connectivity index (χ3n) is 4.24. The molecular weight excluding hydrogens is 346 g/mol. The highest BCUT2D eigenvalue weighted by atomic mass is 16.4. The molecule has 0 spiro atoms. The predicted molar refractivity (Wildman–Crippen MR) is 100 cm³/mol. The van der Waals surface area contributed by atoms with E-state index in [-0.39, 0.29) is 12.3 Å². The van der Waals surface area contributed by atoms with Crippen molar-refractivity contribution in [1.29, 1.82) is 0 Å². The molecule has 0 saturated carbocycles. The zero-order chi connectivity index (χ0) is 19.6. The fourth-order valence-electron chi connectivity index (χ4n) is 2.90. The first-order valence-electron chi connectivity index (χ1n) is 8.22. The molecular formula is C21H17NO5. The molecule has 0 radical (unpaired) electrons. The summed E-state index contributed by atoms with van der Waals surface area (Å²) in [7, 11) is 0. The van der Waals surface area contributed by atoms with Gasteiger partial charge in [0.2, 0.25) is 5.43 Å². The van der Waals surface area contributed by atoms with Gasteiger partial charge in [-0.25, -0.2) is 4.79 Å². The van der Waals surface area contributed by atoms with E-state index >= 15 is 0 Å². The van der Waals surface area contributed by atoms with Crippen LogP contribution >= 0.6 is 0 Å². The first-order valence-corrected chi connectivity index (χ1v) is 8.22. The zero-order valence-corrected chi connectivity index (χ0v) is 14.5. The van der Waals surface area contributed by atoms with E-state index in [9.17, 15) is 19.5 Å². The summed E-state index contributed by atoms with van der Waals surface area (Å²) in [6.45, 7) is 1.75. The number of aromatic carboxylic acids is 1. The van der Waals surface area contributed by atoms with E-state index in [0.717, 1.165) is 16.7 Å². The lowest BCUT2D eigenvalue weighted by atomic mass is 9.97. The molecule has 0 fully saturated rings. The van der Waals surface area contributed by atoms with Gasteiger partial charge in [-0.15, -0.1) is 0 Å². The molecule has 1 heterocycles. The van der Waals surface area contributed by atoms with Crippen molar-refractivity contribution in [2.75, 3.05) is 0 Å². The van der Waals surface area contributed by atoms with Gasteiger partial charge >= 0.3 is 5.97 Å². The quantitative estimate of drug-likeness (QED) is 0.679. The van der Waals surface area contributed by atoms with E-state index in [1.165, 1.54) is 23.9 Å². The van der Waals surface area contributed by atoms with E-state index in [4.69, 9.17) is 5.11 Å². The maximum atomic E-state index is 11.7. The Hall–Kier alpha value is -3.67. The van der Waals surface area contributed by atoms with Crippen LogP contribution in [0.5, 0.6) is 5.75 Å². The van der Waals surface area contributed by atoms with Crippen LogP contribution in [-0.2, 0) is 6.54 Å². The van der Waals surface area contributed by atoms with Gasteiger partial charge in [0.05, 0.1) is 6.20 Å². The Balaban J connectivity index is 2.06. The second kappa shape index (κ2) is 7.29. The Kier molecular flexibility index (Phi) is 4.90. The highest BCUT2D eigenvalue weighted by molar-refractivity contribution is 5.95. The number of ketones is 1. The highest BCUT2D eigenvalue weighted by Gasteiger charge is 2.14. The van der Waals surface area contributed by atoms with Crippen molar-refractivity contribution in [3.05, 3.63) is 87.8 Å². The topological polar surface area (TPSA) is 96.6 Å². The van der Waals surface area contributed by atoms with Gasteiger partial charge < -0.3 is 14.8 Å². The smallest absolute Gasteiger partial charge is 0.341 e. The summed E-state index contributed by atoms with van der Waals surface area (Å²) < 4.78 is 1.45. The average Bonchev–Trinajstić information content (AvgIpc) is 2.65. The molecule has 136 valence electrons. The first-order chi connectivity index (χ1) is 12.9. The molecule has 0 amide bonds. The Labute approximate surface area is 155 Å². The van der Waals surface area contributed by atoms with Gasteiger partial charge in [0, 0.05) is 18.3 Å². The summed E-state index contributed by atoms with van der Waals surface area (Å²) in [5.41, 5.74) is 1.75. The second-order valence-electron chi connectivity index (χ2n) is 6.16. The van der Waals surface area contributed by atoms with Crippen molar-refractivity contribution in [1.82, 2.24) is 4.57 Å². The number of aromatic nitrogens is 1. The lowest BCUT2D eigenvalue weighted by Gasteiger charge is -2.13. The Morgan fingerprint density at radius 3 is 2.48 bits per heavy atom. The van der Waals surface area contributed by atoms with E-state index in [2.05, 4.69) is 0 Å². The molecule has 0 unspecified atom stereocenters. The summed E-state index contributed by atoms with van der Waals surface area (Å²) >= 11 is 0. The number of carboxylic acid groups (broad SMARTS) is 1. The number of pyridine rings is 1. The molecule has 0 bridgehead atoms. The van der Waals surface area contributed by atoms with Crippen molar-refractivity contribution >= 4 is 11.8 Å². The number of Topliss-reactive ketones (excluding diaryl/α,β-unsaturated/α-hetero) is 1. The van der Waals surface area contributed by atoms with Crippen molar-refractivity contribution < 1.29 is 19.8 Å². The average molecular weight is 363 g/mol. The van der Waals surface area contributed by atoms with Gasteiger partial charge in [-0.2, -0.15) is 0 Å². The summed E-state index contributed by atoms with van der Waals surface area (Å²) in [6.07, 6.45) is 2.41. The number of aromatic hydroxyl groups is 1. The SMILES string of the molecule is CC(=O)c1cccc(-c2ccccc2Cn2cc(O)c(=O)c(C(=O)O)c2)c1. The molecule has 1 aromatic heterocycles. The Bertz CT molecular complexity index is 1100. The fourth-order valence-corrected chi connectivity index (χ4v) is 2.90. The Morgan fingerprint density at radius 2 is 1.78 bits per heavy atom. The van der Waals surface area contributed by atoms with Gasteiger partial charge in [0.1, 0.15) is 5.56 Å². The molecule has 3 aromatic rings. The molecule has 0 aliphatic carbocycles. The van der Waals surface area contributed by atoms with Crippen LogP contribution in [0.4, 0.5) is 0 Å². The minimum Gasteiger partial charge on any atom is -0.503 e. The minimum atomic E-state index is -1.40. The van der Waals surface area contributed by atoms with Crippen molar-refractivity contribution in [2.45, 2.75) is 13.5 Å². The van der Waals surface area contributed by atoms with Crippen LogP contribution in [0.3, 0.4) is 0 Å². The summed E-state index contributed by atoms with van der Waals surface area (Å²) in [5, 5.41) is 18.9. The maximum Gasteiger partial charge on any atom is 0.341 e. The second-order valence-corrected chi connectivity index (χ2v) is 6.16. The number of carboxylic acids is 1. The molecule has 27 heavy (non-hydrogen) atoms. The standard InChI is InChI=1S/C21H17NO5/c1-13(23)14-6-4-7-15(9-14)17-8-3-2-5-16(17)10-22-11-18(21(26)27)20(25)19(24)12-22/h2-9,11-12,24H,10H2,1H3,(H,26,27). The molecule has 6 heteroatoms. The normalized spacial score (nSPS) is 10.6. The van der Waals surface area contributed by atoms with Crippen LogP contribution in [0, 0.1) is 0 Å². The number of carbonyl (C=O) groups excluding carboxylic acids is 1. The number of hydrogen-bond acceptors (Lipinski definition) is 4. The van der Waals surface area contributed by atoms with E-state index < -0.39 is 22.7 Å². The molecule has 0 atom stereocenters. The van der Waals surface area contributed by atoms with E-state index in [0.29, 0.717) is 5.56 Å². The lowest BCUT2D eigenvalue weighted by molar-refractivity contribution is 0.0693. The van der Waals surface area contributed by atoms with Crippen molar-refractivity contribution in [2.24, 2.45) is 0 Å². The third-order valence-corrected chi connectivity index (χ3v) is 4.24. The molecule has 3 rings (SSSR count). The minimum absolute atomic E-state index is 0.0363. The fraction of sp³-hybridized carbons (Fsp3) is 0.0952. The van der Waals surface area contributed by atoms with Gasteiger partial charge in [-0.3, -0.25) is 9.59 Å². The number of benzene rings is 2. The van der Waals surface area contributed by atoms with Gasteiger partial charge in [0.25, 0.3) is 0 Å². The summed E-state index contributed by atoms with van der Waals surface area (Å²) in [4.78, 5) is 34.6.